The number of rotatable bonds is 6. The molecule has 1 aliphatic heterocycles. The highest BCUT2D eigenvalue weighted by molar-refractivity contribution is 5.79. The second kappa shape index (κ2) is 8.16. The third-order valence-corrected chi connectivity index (χ3v) is 5.41. The summed E-state index contributed by atoms with van der Waals surface area (Å²) in [4.78, 5) is 13.4. The van der Waals surface area contributed by atoms with Crippen LogP contribution < -0.4 is 0 Å². The highest BCUT2D eigenvalue weighted by Gasteiger charge is 2.30. The van der Waals surface area contributed by atoms with Crippen LogP contribution in [0.5, 0.6) is 0 Å². The van der Waals surface area contributed by atoms with Crippen LogP contribution >= 0.6 is 0 Å². The Labute approximate surface area is 174 Å². The molecule has 1 aliphatic rings. The highest BCUT2D eigenvalue weighted by atomic mass is 19.1. The fraction of sp³-hybridized carbons (Fsp3) is 0.208. The first-order chi connectivity index (χ1) is 14.8. The van der Waals surface area contributed by atoms with E-state index in [0.29, 0.717) is 13.2 Å². The van der Waals surface area contributed by atoms with E-state index in [1.54, 1.807) is 30.7 Å². The molecule has 0 fully saturated rings. The molecule has 150 valence electrons. The number of pyridine rings is 2. The van der Waals surface area contributed by atoms with Crippen LogP contribution in [-0.4, -0.2) is 26.1 Å². The Balaban J connectivity index is 1.48. The molecule has 1 aromatic carbocycles. The van der Waals surface area contributed by atoms with Crippen molar-refractivity contribution >= 4 is 0 Å². The number of halogens is 1. The van der Waals surface area contributed by atoms with E-state index in [9.17, 15) is 4.39 Å². The van der Waals surface area contributed by atoms with Gasteiger partial charge >= 0.3 is 0 Å². The Kier molecular flexibility index (Phi) is 5.07. The normalized spacial score (nSPS) is 15.3. The maximum atomic E-state index is 13.5. The average molecular weight is 400 g/mol. The number of ether oxygens (including phenoxy) is 1. The largest absolute Gasteiger partial charge is 0.373 e. The number of fused-ring (bicyclic) bond motifs is 1. The summed E-state index contributed by atoms with van der Waals surface area (Å²) >= 11 is 0. The van der Waals surface area contributed by atoms with E-state index in [1.807, 2.05) is 30.3 Å². The molecule has 0 amide bonds. The van der Waals surface area contributed by atoms with Gasteiger partial charge in [-0.1, -0.05) is 6.07 Å². The Morgan fingerprint density at radius 2 is 1.80 bits per heavy atom. The molecule has 0 spiro atoms. The Bertz CT molecular complexity index is 1130. The molecule has 30 heavy (non-hydrogen) atoms. The molecule has 0 unspecified atom stereocenters. The smallest absolute Gasteiger partial charge is 0.123 e. The lowest BCUT2D eigenvalue weighted by Gasteiger charge is -2.18. The van der Waals surface area contributed by atoms with Crippen molar-refractivity contribution in [1.82, 2.24) is 19.5 Å². The molecule has 3 aromatic heterocycles. The highest BCUT2D eigenvalue weighted by Crippen LogP contribution is 2.39. The molecule has 1 atom stereocenters. The van der Waals surface area contributed by atoms with Crippen LogP contribution in [-0.2, 0) is 17.8 Å². The van der Waals surface area contributed by atoms with Crippen LogP contribution in [0.4, 0.5) is 4.39 Å². The van der Waals surface area contributed by atoms with Gasteiger partial charge in [-0.2, -0.15) is 0 Å². The van der Waals surface area contributed by atoms with Crippen LogP contribution in [0.25, 0.3) is 22.5 Å². The number of hydrogen-bond donors (Lipinski definition) is 0. The number of aryl methyl sites for hydroxylation is 1. The third-order valence-electron chi connectivity index (χ3n) is 5.41. The molecular formula is C24H21FN4O. The van der Waals surface area contributed by atoms with Gasteiger partial charge in [0.2, 0.25) is 0 Å². The number of aromatic nitrogens is 4. The van der Waals surface area contributed by atoms with Gasteiger partial charge < -0.3 is 9.30 Å². The molecule has 0 bridgehead atoms. The van der Waals surface area contributed by atoms with Crippen LogP contribution in [0.15, 0.2) is 73.2 Å². The monoisotopic (exact) mass is 400 g/mol. The summed E-state index contributed by atoms with van der Waals surface area (Å²) in [7, 11) is 0. The van der Waals surface area contributed by atoms with Gasteiger partial charge in [-0.15, -0.1) is 0 Å². The molecule has 0 saturated heterocycles. The van der Waals surface area contributed by atoms with E-state index in [2.05, 4.69) is 14.5 Å². The predicted octanol–water partition coefficient (Wildman–Crippen LogP) is 4.85. The molecule has 6 heteroatoms. The van der Waals surface area contributed by atoms with Crippen molar-refractivity contribution in [2.75, 3.05) is 6.61 Å². The molecule has 0 N–H and O–H groups in total. The minimum absolute atomic E-state index is 0.188. The summed E-state index contributed by atoms with van der Waals surface area (Å²) in [6.45, 7) is 1.07. The van der Waals surface area contributed by atoms with Gasteiger partial charge in [0.25, 0.3) is 0 Å². The van der Waals surface area contributed by atoms with Crippen molar-refractivity contribution in [3.8, 4) is 22.5 Å². The molecule has 5 nitrogen and oxygen atoms in total. The zero-order chi connectivity index (χ0) is 20.3. The van der Waals surface area contributed by atoms with Gasteiger partial charge in [-0.3, -0.25) is 9.97 Å². The van der Waals surface area contributed by atoms with Crippen molar-refractivity contribution in [3.63, 3.8) is 0 Å². The first-order valence-corrected chi connectivity index (χ1v) is 10.0. The lowest BCUT2D eigenvalue weighted by Crippen LogP contribution is -2.13. The van der Waals surface area contributed by atoms with Crippen LogP contribution in [0.2, 0.25) is 0 Å². The fourth-order valence-corrected chi connectivity index (χ4v) is 4.01. The molecule has 4 heterocycles. The van der Waals surface area contributed by atoms with E-state index >= 15 is 0 Å². The van der Waals surface area contributed by atoms with Crippen molar-refractivity contribution in [1.29, 1.82) is 0 Å². The number of hydrogen-bond acceptors (Lipinski definition) is 4. The summed E-state index contributed by atoms with van der Waals surface area (Å²) in [5, 5.41) is 0. The lowest BCUT2D eigenvalue weighted by atomic mass is 10.0. The van der Waals surface area contributed by atoms with Gasteiger partial charge in [0.1, 0.15) is 11.6 Å². The summed E-state index contributed by atoms with van der Waals surface area (Å²) in [6, 6.07) is 16.5. The van der Waals surface area contributed by atoms with Crippen molar-refractivity contribution in [3.05, 3.63) is 90.5 Å². The van der Waals surface area contributed by atoms with E-state index in [1.165, 1.54) is 12.1 Å². The van der Waals surface area contributed by atoms with E-state index in [-0.39, 0.29) is 11.9 Å². The first-order valence-electron chi connectivity index (χ1n) is 10.0. The molecule has 0 radical (unpaired) electrons. The maximum absolute atomic E-state index is 13.5. The average Bonchev–Trinajstić information content (AvgIpc) is 3.35. The number of benzene rings is 1. The fourth-order valence-electron chi connectivity index (χ4n) is 4.01. The Hall–Kier alpha value is -3.38. The predicted molar refractivity (Wildman–Crippen MR) is 112 cm³/mol. The van der Waals surface area contributed by atoms with Crippen LogP contribution in [0.1, 0.15) is 24.0 Å². The van der Waals surface area contributed by atoms with Gasteiger partial charge in [0, 0.05) is 36.1 Å². The van der Waals surface area contributed by atoms with Gasteiger partial charge in [-0.25, -0.2) is 9.37 Å². The van der Waals surface area contributed by atoms with Crippen LogP contribution in [0, 0.1) is 5.82 Å². The quantitative estimate of drug-likeness (QED) is 0.464. The summed E-state index contributed by atoms with van der Waals surface area (Å²) < 4.78 is 21.8. The minimum atomic E-state index is -0.253. The lowest BCUT2D eigenvalue weighted by molar-refractivity contribution is 0.0903. The van der Waals surface area contributed by atoms with Crippen LogP contribution in [0.3, 0.4) is 0 Å². The minimum Gasteiger partial charge on any atom is -0.373 e. The Morgan fingerprint density at radius 3 is 2.57 bits per heavy atom. The second-order valence-electron chi connectivity index (χ2n) is 7.37. The van der Waals surface area contributed by atoms with E-state index < -0.39 is 0 Å². The van der Waals surface area contributed by atoms with Crippen molar-refractivity contribution in [2.24, 2.45) is 0 Å². The van der Waals surface area contributed by atoms with E-state index in [4.69, 9.17) is 9.72 Å². The van der Waals surface area contributed by atoms with Crippen molar-refractivity contribution < 1.29 is 9.13 Å². The van der Waals surface area contributed by atoms with Gasteiger partial charge in [0.15, 0.2) is 0 Å². The topological polar surface area (TPSA) is 52.8 Å². The maximum Gasteiger partial charge on any atom is 0.123 e. The summed E-state index contributed by atoms with van der Waals surface area (Å²) in [5.41, 5.74) is 4.76. The molecular weight excluding hydrogens is 379 g/mol. The molecule has 0 saturated carbocycles. The van der Waals surface area contributed by atoms with Crippen molar-refractivity contribution in [2.45, 2.75) is 25.5 Å². The molecule has 0 aliphatic carbocycles. The summed E-state index contributed by atoms with van der Waals surface area (Å²) in [6.07, 6.45) is 7.21. The molecule has 4 aromatic rings. The van der Waals surface area contributed by atoms with Gasteiger partial charge in [0.05, 0.1) is 36.3 Å². The SMILES string of the molecule is Fc1ccc(-c2nc3n(c2-c2ccncc2)[C@H](COCc2ccccn2)CC3)cc1. The Morgan fingerprint density at radius 1 is 0.967 bits per heavy atom. The number of imidazole rings is 1. The summed E-state index contributed by atoms with van der Waals surface area (Å²) in [5.74, 6) is 0.782. The standard InChI is InChI=1S/C24H21FN4O/c25-19-6-4-17(5-7-19)23-24(18-10-13-26-14-11-18)29-21(8-9-22(29)28-23)16-30-15-20-3-1-2-12-27-20/h1-7,10-14,21H,8-9,15-16H2/t21-/m0/s1. The van der Waals surface area contributed by atoms with Gasteiger partial charge in [-0.05, 0) is 55.0 Å². The third kappa shape index (κ3) is 3.62. The zero-order valence-corrected chi connectivity index (χ0v) is 16.4. The number of nitrogens with zero attached hydrogens (tertiary/aromatic N) is 4. The zero-order valence-electron chi connectivity index (χ0n) is 16.4. The first kappa shape index (κ1) is 18.6. The van der Waals surface area contributed by atoms with E-state index in [0.717, 1.165) is 46.9 Å². The molecule has 5 rings (SSSR count). The second-order valence-corrected chi connectivity index (χ2v) is 7.37.